The van der Waals surface area contributed by atoms with Gasteiger partial charge < -0.3 is 14.8 Å². The van der Waals surface area contributed by atoms with Crippen LogP contribution in [0.25, 0.3) is 10.2 Å². The van der Waals surface area contributed by atoms with Crippen molar-refractivity contribution in [1.29, 1.82) is 0 Å². The fraction of sp³-hybridized carbons (Fsp3) is 0.300. The number of methoxy groups -OCH3 is 1. The Morgan fingerprint density at radius 1 is 1.30 bits per heavy atom. The van der Waals surface area contributed by atoms with E-state index in [9.17, 15) is 4.79 Å². The van der Waals surface area contributed by atoms with Gasteiger partial charge in [0.2, 0.25) is 0 Å². The number of halogens is 1. The number of fused-ring (bicyclic) bond motifs is 1. The monoisotopic (exact) mass is 404 g/mol. The molecule has 1 N–H and O–H groups in total. The van der Waals surface area contributed by atoms with Crippen LogP contribution >= 0.6 is 22.9 Å². The van der Waals surface area contributed by atoms with Crippen LogP contribution in [0.5, 0.6) is 11.5 Å². The molecule has 0 saturated carbocycles. The molecule has 0 saturated heterocycles. The minimum absolute atomic E-state index is 0.0510. The highest BCUT2D eigenvalue weighted by molar-refractivity contribution is 7.18. The Hall–Kier alpha value is -2.31. The zero-order valence-corrected chi connectivity index (χ0v) is 17.0. The molecular weight excluding hydrogens is 384 g/mol. The first kappa shape index (κ1) is 19.5. The van der Waals surface area contributed by atoms with E-state index >= 15 is 0 Å². The molecule has 0 aliphatic rings. The van der Waals surface area contributed by atoms with Gasteiger partial charge in [0.1, 0.15) is 0 Å². The number of benzene rings is 2. The first-order valence-corrected chi connectivity index (χ1v) is 9.84. The van der Waals surface area contributed by atoms with Crippen molar-refractivity contribution < 1.29 is 14.3 Å². The van der Waals surface area contributed by atoms with Crippen LogP contribution in [0, 0.1) is 0 Å². The Labute approximate surface area is 167 Å². The Bertz CT molecular complexity index is 923. The molecule has 0 spiro atoms. The van der Waals surface area contributed by atoms with Crippen LogP contribution in [0.4, 0.5) is 0 Å². The van der Waals surface area contributed by atoms with Crippen LogP contribution in [-0.4, -0.2) is 30.6 Å². The lowest BCUT2D eigenvalue weighted by Gasteiger charge is -2.16. The zero-order chi connectivity index (χ0) is 19.4. The van der Waals surface area contributed by atoms with Gasteiger partial charge in [-0.25, -0.2) is 4.98 Å². The maximum Gasteiger partial charge on any atom is 0.251 e. The molecule has 0 fully saturated rings. The summed E-state index contributed by atoms with van der Waals surface area (Å²) in [6.45, 7) is 4.29. The Balaban J connectivity index is 1.65. The standard InChI is InChI=1S/C20H21ClN2O3S/c1-12(2)26-19-14(21)10-13(11-16(19)25-3)20(24)22-9-8-18-23-15-6-4-5-7-17(15)27-18/h4-7,10-12H,8-9H2,1-3H3,(H,22,24). The smallest absolute Gasteiger partial charge is 0.251 e. The van der Waals surface area contributed by atoms with E-state index in [-0.39, 0.29) is 12.0 Å². The molecule has 0 atom stereocenters. The largest absolute Gasteiger partial charge is 0.493 e. The summed E-state index contributed by atoms with van der Waals surface area (Å²) in [7, 11) is 1.52. The van der Waals surface area contributed by atoms with Gasteiger partial charge in [-0.1, -0.05) is 23.7 Å². The number of carbonyl (C=O) groups is 1. The van der Waals surface area contributed by atoms with Gasteiger partial charge in [-0.05, 0) is 38.1 Å². The van der Waals surface area contributed by atoms with E-state index in [4.69, 9.17) is 21.1 Å². The highest BCUT2D eigenvalue weighted by Gasteiger charge is 2.17. The number of aromatic nitrogens is 1. The average molecular weight is 405 g/mol. The molecule has 1 amide bonds. The van der Waals surface area contributed by atoms with E-state index < -0.39 is 0 Å². The number of thiazole rings is 1. The summed E-state index contributed by atoms with van der Waals surface area (Å²) in [4.78, 5) is 17.1. The van der Waals surface area contributed by atoms with Crippen LogP contribution in [-0.2, 0) is 6.42 Å². The van der Waals surface area contributed by atoms with Gasteiger partial charge >= 0.3 is 0 Å². The molecular formula is C20H21ClN2O3S. The maximum atomic E-state index is 12.5. The van der Waals surface area contributed by atoms with Crippen molar-refractivity contribution in [3.8, 4) is 11.5 Å². The van der Waals surface area contributed by atoms with Crippen LogP contribution in [0.1, 0.15) is 29.2 Å². The average Bonchev–Trinajstić information content (AvgIpc) is 3.05. The lowest BCUT2D eigenvalue weighted by Crippen LogP contribution is -2.25. The topological polar surface area (TPSA) is 60.5 Å². The predicted octanol–water partition coefficient (Wildman–Crippen LogP) is 4.72. The first-order chi connectivity index (χ1) is 13.0. The van der Waals surface area contributed by atoms with Crippen LogP contribution < -0.4 is 14.8 Å². The SMILES string of the molecule is COc1cc(C(=O)NCCc2nc3ccccc3s2)cc(Cl)c1OC(C)C. The maximum absolute atomic E-state index is 12.5. The number of amides is 1. The lowest BCUT2D eigenvalue weighted by molar-refractivity contribution is 0.0953. The molecule has 5 nitrogen and oxygen atoms in total. The molecule has 2 aromatic carbocycles. The van der Waals surface area contributed by atoms with E-state index in [2.05, 4.69) is 10.3 Å². The fourth-order valence-electron chi connectivity index (χ4n) is 2.61. The Kier molecular flexibility index (Phi) is 6.19. The van der Waals surface area contributed by atoms with Crippen molar-refractivity contribution in [2.75, 3.05) is 13.7 Å². The van der Waals surface area contributed by atoms with Gasteiger partial charge in [0.25, 0.3) is 5.91 Å². The lowest BCUT2D eigenvalue weighted by atomic mass is 10.2. The molecule has 0 unspecified atom stereocenters. The number of carbonyl (C=O) groups excluding carboxylic acids is 1. The van der Waals surface area contributed by atoms with Crippen molar-refractivity contribution in [1.82, 2.24) is 10.3 Å². The second-order valence-corrected chi connectivity index (χ2v) is 7.76. The molecule has 3 aromatic rings. The summed E-state index contributed by atoms with van der Waals surface area (Å²) in [5.74, 6) is 0.667. The number of ether oxygens (including phenoxy) is 2. The van der Waals surface area contributed by atoms with E-state index in [0.717, 1.165) is 15.2 Å². The van der Waals surface area contributed by atoms with E-state index in [1.54, 1.807) is 23.5 Å². The Morgan fingerprint density at radius 2 is 2.07 bits per heavy atom. The molecule has 7 heteroatoms. The highest BCUT2D eigenvalue weighted by atomic mass is 35.5. The van der Waals surface area contributed by atoms with E-state index in [1.165, 1.54) is 7.11 Å². The predicted molar refractivity (Wildman–Crippen MR) is 109 cm³/mol. The van der Waals surface area contributed by atoms with Crippen molar-refractivity contribution in [3.63, 3.8) is 0 Å². The first-order valence-electron chi connectivity index (χ1n) is 8.64. The third-order valence-corrected chi connectivity index (χ3v) is 5.18. The minimum Gasteiger partial charge on any atom is -0.493 e. The second-order valence-electron chi connectivity index (χ2n) is 6.24. The van der Waals surface area contributed by atoms with Gasteiger partial charge in [-0.3, -0.25) is 4.79 Å². The second kappa shape index (κ2) is 8.59. The van der Waals surface area contributed by atoms with Gasteiger partial charge in [0.15, 0.2) is 11.5 Å². The molecule has 27 heavy (non-hydrogen) atoms. The van der Waals surface area contributed by atoms with Crippen LogP contribution in [0.3, 0.4) is 0 Å². The van der Waals surface area contributed by atoms with E-state index in [1.807, 2.05) is 38.1 Å². The number of para-hydroxylation sites is 1. The molecule has 0 radical (unpaired) electrons. The molecule has 0 aliphatic heterocycles. The number of nitrogens with zero attached hydrogens (tertiary/aromatic N) is 1. The van der Waals surface area contributed by atoms with Gasteiger partial charge in [-0.2, -0.15) is 0 Å². The molecule has 142 valence electrons. The summed E-state index contributed by atoms with van der Waals surface area (Å²) in [5, 5.41) is 4.24. The number of nitrogens with one attached hydrogen (secondary N) is 1. The number of rotatable bonds is 7. The fourth-order valence-corrected chi connectivity index (χ4v) is 3.83. The molecule has 1 heterocycles. The summed E-state index contributed by atoms with van der Waals surface area (Å²) in [5.41, 5.74) is 1.42. The van der Waals surface area contributed by atoms with Gasteiger partial charge in [0.05, 0.1) is 33.5 Å². The summed E-state index contributed by atoms with van der Waals surface area (Å²) in [6, 6.07) is 11.2. The highest BCUT2D eigenvalue weighted by Crippen LogP contribution is 2.37. The summed E-state index contributed by atoms with van der Waals surface area (Å²) in [6.07, 6.45) is 0.620. The van der Waals surface area contributed by atoms with Gasteiger partial charge in [0, 0.05) is 18.5 Å². The van der Waals surface area contributed by atoms with E-state index in [0.29, 0.717) is 35.1 Å². The zero-order valence-electron chi connectivity index (χ0n) is 15.4. The normalized spacial score (nSPS) is 11.0. The number of hydrogen-bond donors (Lipinski definition) is 1. The molecule has 1 aromatic heterocycles. The van der Waals surface area contributed by atoms with Crippen molar-refractivity contribution in [2.45, 2.75) is 26.4 Å². The van der Waals surface area contributed by atoms with Gasteiger partial charge in [-0.15, -0.1) is 11.3 Å². The number of hydrogen-bond acceptors (Lipinski definition) is 5. The van der Waals surface area contributed by atoms with Crippen LogP contribution in [0.2, 0.25) is 5.02 Å². The third kappa shape index (κ3) is 4.70. The molecule has 3 rings (SSSR count). The minimum atomic E-state index is -0.215. The van der Waals surface area contributed by atoms with Crippen LogP contribution in [0.15, 0.2) is 36.4 Å². The quantitative estimate of drug-likeness (QED) is 0.619. The van der Waals surface area contributed by atoms with Crippen molar-refractivity contribution in [2.24, 2.45) is 0 Å². The molecule has 0 aliphatic carbocycles. The Morgan fingerprint density at radius 3 is 2.78 bits per heavy atom. The summed E-state index contributed by atoms with van der Waals surface area (Å²) < 4.78 is 12.2. The van der Waals surface area contributed by atoms with Crippen molar-refractivity contribution in [3.05, 3.63) is 52.0 Å². The third-order valence-electron chi connectivity index (χ3n) is 3.81. The van der Waals surface area contributed by atoms with Crippen molar-refractivity contribution >= 4 is 39.1 Å². The summed E-state index contributed by atoms with van der Waals surface area (Å²) >= 11 is 7.92. The molecule has 0 bridgehead atoms.